The molecule has 0 unspecified atom stereocenters. The van der Waals surface area contributed by atoms with E-state index in [2.05, 4.69) is 4.98 Å². The molecule has 0 spiro atoms. The summed E-state index contributed by atoms with van der Waals surface area (Å²) in [5.74, 6) is -1.44. The van der Waals surface area contributed by atoms with Crippen LogP contribution in [0.1, 0.15) is 49.3 Å². The molecule has 0 radical (unpaired) electrons. The number of pyridine rings is 1. The van der Waals surface area contributed by atoms with Crippen LogP contribution in [0.2, 0.25) is 0 Å². The molecule has 0 amide bonds. The number of aromatic nitrogens is 2. The summed E-state index contributed by atoms with van der Waals surface area (Å²) in [4.78, 5) is 17.2. The van der Waals surface area contributed by atoms with Crippen LogP contribution in [-0.2, 0) is 24.4 Å². The molecule has 0 saturated carbocycles. The van der Waals surface area contributed by atoms with E-state index < -0.39 is 23.5 Å². The van der Waals surface area contributed by atoms with Crippen molar-refractivity contribution in [1.29, 1.82) is 0 Å². The topological polar surface area (TPSA) is 53.4 Å². The lowest BCUT2D eigenvalue weighted by atomic mass is 10.0. The van der Waals surface area contributed by atoms with Crippen molar-refractivity contribution in [2.45, 2.75) is 46.4 Å². The van der Waals surface area contributed by atoms with Gasteiger partial charge in [-0.3, -0.25) is 0 Å². The zero-order chi connectivity index (χ0) is 23.8. The van der Waals surface area contributed by atoms with Gasteiger partial charge < -0.3 is 14.0 Å². The fourth-order valence-electron chi connectivity index (χ4n) is 3.51. The molecule has 3 rings (SSSR count). The van der Waals surface area contributed by atoms with Crippen molar-refractivity contribution in [1.82, 2.24) is 9.55 Å². The van der Waals surface area contributed by atoms with Gasteiger partial charge in [0, 0.05) is 12.6 Å². The van der Waals surface area contributed by atoms with E-state index in [1.807, 2.05) is 6.92 Å². The molecule has 2 aromatic heterocycles. The first-order valence-corrected chi connectivity index (χ1v) is 10.2. The van der Waals surface area contributed by atoms with E-state index in [1.54, 1.807) is 38.5 Å². The second kappa shape index (κ2) is 8.80. The lowest BCUT2D eigenvalue weighted by molar-refractivity contribution is -0.137. The van der Waals surface area contributed by atoms with E-state index in [9.17, 15) is 22.4 Å². The monoisotopic (exact) mass is 452 g/mol. The first-order valence-electron chi connectivity index (χ1n) is 10.2. The molecule has 172 valence electrons. The maximum atomic E-state index is 14.8. The number of halogens is 4. The van der Waals surface area contributed by atoms with Crippen molar-refractivity contribution in [2.24, 2.45) is 7.05 Å². The number of hydrogen-bond donors (Lipinski definition) is 0. The summed E-state index contributed by atoms with van der Waals surface area (Å²) in [6, 6.07) is 4.10. The summed E-state index contributed by atoms with van der Waals surface area (Å²) in [7, 11) is 1.67. The summed E-state index contributed by atoms with van der Waals surface area (Å²) >= 11 is 0. The molecule has 0 bridgehead atoms. The van der Waals surface area contributed by atoms with Crippen LogP contribution < -0.4 is 4.74 Å². The number of ether oxygens (including phenoxy) is 2. The second-order valence-electron chi connectivity index (χ2n) is 7.53. The Morgan fingerprint density at radius 3 is 2.41 bits per heavy atom. The van der Waals surface area contributed by atoms with Gasteiger partial charge in [0.1, 0.15) is 11.3 Å². The van der Waals surface area contributed by atoms with Crippen LogP contribution >= 0.6 is 0 Å². The van der Waals surface area contributed by atoms with E-state index >= 15 is 0 Å². The Morgan fingerprint density at radius 1 is 1.19 bits per heavy atom. The largest absolute Gasteiger partial charge is 0.486 e. The quantitative estimate of drug-likeness (QED) is 0.344. The number of alkyl halides is 3. The van der Waals surface area contributed by atoms with Crippen molar-refractivity contribution in [3.63, 3.8) is 0 Å². The summed E-state index contributed by atoms with van der Waals surface area (Å²) in [5.41, 5.74) is 0.700. The number of hydrogen-bond acceptors (Lipinski definition) is 4. The van der Waals surface area contributed by atoms with Crippen LogP contribution in [0.25, 0.3) is 22.3 Å². The molecule has 1 aromatic carbocycles. The fourth-order valence-corrected chi connectivity index (χ4v) is 3.51. The molecule has 2 heterocycles. The van der Waals surface area contributed by atoms with Gasteiger partial charge in [-0.05, 0) is 57.0 Å². The predicted molar refractivity (Wildman–Crippen MR) is 112 cm³/mol. The van der Waals surface area contributed by atoms with Crippen LogP contribution in [0.4, 0.5) is 17.6 Å². The first kappa shape index (κ1) is 23.6. The van der Waals surface area contributed by atoms with Gasteiger partial charge in [-0.15, -0.1) is 0 Å². The number of carbonyl (C=O) groups is 1. The highest BCUT2D eigenvalue weighted by Gasteiger charge is 2.32. The highest BCUT2D eigenvalue weighted by Crippen LogP contribution is 2.38. The van der Waals surface area contributed by atoms with Crippen LogP contribution in [0.15, 0.2) is 24.3 Å². The van der Waals surface area contributed by atoms with Crippen LogP contribution in [0.5, 0.6) is 5.75 Å². The molecule has 0 fully saturated rings. The third-order valence-electron chi connectivity index (χ3n) is 4.96. The molecular formula is C23H24F4N2O3. The third kappa shape index (κ3) is 4.28. The van der Waals surface area contributed by atoms with Crippen molar-refractivity contribution >= 4 is 17.0 Å². The Bertz CT molecular complexity index is 1170. The van der Waals surface area contributed by atoms with E-state index in [4.69, 9.17) is 9.47 Å². The molecule has 32 heavy (non-hydrogen) atoms. The van der Waals surface area contributed by atoms with Crippen LogP contribution in [0.3, 0.4) is 0 Å². The summed E-state index contributed by atoms with van der Waals surface area (Å²) < 4.78 is 66.3. The van der Waals surface area contributed by atoms with E-state index in [0.717, 1.165) is 12.1 Å². The van der Waals surface area contributed by atoms with Gasteiger partial charge in [0.2, 0.25) is 0 Å². The Labute approximate surface area is 183 Å². The summed E-state index contributed by atoms with van der Waals surface area (Å²) in [5, 5.41) is 0. The van der Waals surface area contributed by atoms with Gasteiger partial charge in [0.15, 0.2) is 11.4 Å². The van der Waals surface area contributed by atoms with Gasteiger partial charge in [0.25, 0.3) is 0 Å². The maximum absolute atomic E-state index is 14.8. The van der Waals surface area contributed by atoms with Gasteiger partial charge >= 0.3 is 12.1 Å². The Hall–Kier alpha value is -3.10. The van der Waals surface area contributed by atoms with E-state index in [1.165, 1.54) is 0 Å². The number of aryl methyl sites for hydroxylation is 2. The average molecular weight is 452 g/mol. The maximum Gasteiger partial charge on any atom is 0.416 e. The summed E-state index contributed by atoms with van der Waals surface area (Å²) in [6.45, 7) is 7.24. The smallest absolute Gasteiger partial charge is 0.416 e. The SMILES string of the molecule is CCOC(=O)c1c(OC(C)C)c2nc(-c3ccc(C(F)(F)F)cc3F)c(CC)cc2n1C. The highest BCUT2D eigenvalue weighted by molar-refractivity contribution is 6.01. The molecular weight excluding hydrogens is 428 g/mol. The Kier molecular flexibility index (Phi) is 6.48. The van der Waals surface area contributed by atoms with Gasteiger partial charge in [0.05, 0.1) is 29.5 Å². The van der Waals surface area contributed by atoms with Crippen molar-refractivity contribution in [3.05, 3.63) is 46.9 Å². The van der Waals surface area contributed by atoms with Crippen molar-refractivity contribution in [2.75, 3.05) is 6.61 Å². The zero-order valence-corrected chi connectivity index (χ0v) is 18.4. The normalized spacial score (nSPS) is 11.9. The molecule has 0 aliphatic carbocycles. The van der Waals surface area contributed by atoms with Gasteiger partial charge in [-0.25, -0.2) is 14.2 Å². The highest BCUT2D eigenvalue weighted by atomic mass is 19.4. The lowest BCUT2D eigenvalue weighted by Gasteiger charge is -2.13. The van der Waals surface area contributed by atoms with Crippen LogP contribution in [0, 0.1) is 5.82 Å². The third-order valence-corrected chi connectivity index (χ3v) is 4.96. The van der Waals surface area contributed by atoms with E-state index in [0.29, 0.717) is 29.1 Å². The molecule has 0 aliphatic rings. The minimum atomic E-state index is -4.66. The molecule has 0 saturated heterocycles. The van der Waals surface area contributed by atoms with Crippen LogP contribution in [-0.4, -0.2) is 28.2 Å². The minimum Gasteiger partial charge on any atom is -0.486 e. The Balaban J connectivity index is 2.31. The summed E-state index contributed by atoms with van der Waals surface area (Å²) in [6.07, 6.45) is -4.51. The molecule has 0 N–H and O–H groups in total. The molecule has 5 nitrogen and oxygen atoms in total. The Morgan fingerprint density at radius 2 is 1.88 bits per heavy atom. The number of carbonyl (C=O) groups excluding carboxylic acids is 1. The number of esters is 1. The number of fused-ring (bicyclic) bond motifs is 1. The first-order chi connectivity index (χ1) is 15.0. The standard InChI is InChI=1S/C23H24F4N2O3/c1-6-13-10-17-19(21(32-12(3)4)20(29(17)5)22(30)31-7-2)28-18(13)15-9-8-14(11-16(15)24)23(25,26)27/h8-12H,6-7H2,1-5H3. The van der Waals surface area contributed by atoms with Gasteiger partial charge in [-0.1, -0.05) is 6.92 Å². The van der Waals surface area contributed by atoms with Crippen molar-refractivity contribution in [3.8, 4) is 17.0 Å². The van der Waals surface area contributed by atoms with Crippen molar-refractivity contribution < 1.29 is 31.8 Å². The molecule has 9 heteroatoms. The molecule has 3 aromatic rings. The number of rotatable bonds is 6. The van der Waals surface area contributed by atoms with E-state index in [-0.39, 0.29) is 35.4 Å². The molecule has 0 aliphatic heterocycles. The lowest BCUT2D eigenvalue weighted by Crippen LogP contribution is -2.14. The number of nitrogens with zero attached hydrogens (tertiary/aromatic N) is 2. The molecule has 0 atom stereocenters. The number of benzene rings is 1. The zero-order valence-electron chi connectivity index (χ0n) is 18.4. The minimum absolute atomic E-state index is 0.0613. The second-order valence-corrected chi connectivity index (χ2v) is 7.53. The fraction of sp³-hybridized carbons (Fsp3) is 0.391. The average Bonchev–Trinajstić information content (AvgIpc) is 2.97. The van der Waals surface area contributed by atoms with Gasteiger partial charge in [-0.2, -0.15) is 13.2 Å². The predicted octanol–water partition coefficient (Wildman–Crippen LogP) is 5.92.